The van der Waals surface area contributed by atoms with E-state index in [-0.39, 0.29) is 0 Å². The van der Waals surface area contributed by atoms with Gasteiger partial charge in [-0.05, 0) is 37.0 Å². The Morgan fingerprint density at radius 1 is 1.00 bits per heavy atom. The van der Waals surface area contributed by atoms with E-state index in [0.29, 0.717) is 0 Å². The molecule has 2 saturated heterocycles. The van der Waals surface area contributed by atoms with E-state index in [1.807, 2.05) is 0 Å². The molecule has 0 aromatic heterocycles. The van der Waals surface area contributed by atoms with E-state index in [4.69, 9.17) is 0 Å². The SMILES string of the molecule is C1=C/C=C2/CC3CCCN3C/C2=C/C=C1. The van der Waals surface area contributed by atoms with Crippen LogP contribution in [0.2, 0.25) is 0 Å². The third-order valence-electron chi connectivity index (χ3n) is 3.67. The molecule has 1 aliphatic carbocycles. The first-order chi connectivity index (χ1) is 7.43. The second-order valence-corrected chi connectivity index (χ2v) is 4.62. The summed E-state index contributed by atoms with van der Waals surface area (Å²) in [4.78, 5) is 2.64. The Hall–Kier alpha value is -1.08. The van der Waals surface area contributed by atoms with E-state index in [9.17, 15) is 0 Å². The summed E-state index contributed by atoms with van der Waals surface area (Å²) in [6, 6.07) is 0.824. The van der Waals surface area contributed by atoms with Crippen molar-refractivity contribution in [3.63, 3.8) is 0 Å². The average Bonchev–Trinajstić information content (AvgIpc) is 2.64. The second kappa shape index (κ2) is 3.82. The van der Waals surface area contributed by atoms with Gasteiger partial charge >= 0.3 is 0 Å². The molecule has 1 nitrogen and oxygen atoms in total. The van der Waals surface area contributed by atoms with Gasteiger partial charge in [-0.2, -0.15) is 0 Å². The zero-order chi connectivity index (χ0) is 10.1. The van der Waals surface area contributed by atoms with Gasteiger partial charge in [-0.25, -0.2) is 0 Å². The van der Waals surface area contributed by atoms with Crippen molar-refractivity contribution in [1.29, 1.82) is 0 Å². The zero-order valence-electron chi connectivity index (χ0n) is 9.02. The molecule has 0 radical (unpaired) electrons. The van der Waals surface area contributed by atoms with Crippen LogP contribution in [0.1, 0.15) is 19.3 Å². The van der Waals surface area contributed by atoms with E-state index in [1.165, 1.54) is 31.4 Å². The molecule has 1 atom stereocenters. The van der Waals surface area contributed by atoms with Gasteiger partial charge in [-0.3, -0.25) is 4.90 Å². The minimum absolute atomic E-state index is 0.824. The Bertz CT molecular complexity index is 335. The standard InChI is InChI=1S/C14H17N/c1-2-4-7-13-11-15-9-5-8-14(15)10-12(13)6-3-1/h1-4,6-7,14H,5,8-11H2/b2-1?,3-1?,4-2?,6-3?,7-4?,12-6-,13-7-. The molecule has 3 rings (SSSR count). The minimum Gasteiger partial charge on any atom is -0.296 e. The molecular weight excluding hydrogens is 182 g/mol. The minimum atomic E-state index is 0.824. The fourth-order valence-corrected chi connectivity index (χ4v) is 2.85. The van der Waals surface area contributed by atoms with Crippen LogP contribution in [0.3, 0.4) is 0 Å². The Morgan fingerprint density at radius 2 is 1.80 bits per heavy atom. The molecule has 0 N–H and O–H groups in total. The lowest BCUT2D eigenvalue weighted by Gasteiger charge is -2.33. The number of hydrogen-bond donors (Lipinski definition) is 0. The fourth-order valence-electron chi connectivity index (χ4n) is 2.85. The third-order valence-corrected chi connectivity index (χ3v) is 3.67. The van der Waals surface area contributed by atoms with Gasteiger partial charge in [0.2, 0.25) is 0 Å². The lowest BCUT2D eigenvalue weighted by Crippen LogP contribution is -2.36. The van der Waals surface area contributed by atoms with Crippen molar-refractivity contribution in [3.8, 4) is 0 Å². The summed E-state index contributed by atoms with van der Waals surface area (Å²) in [5.41, 5.74) is 3.08. The van der Waals surface area contributed by atoms with Crippen LogP contribution in [0, 0.1) is 0 Å². The molecule has 0 saturated carbocycles. The molecule has 15 heavy (non-hydrogen) atoms. The molecule has 1 unspecified atom stereocenters. The van der Waals surface area contributed by atoms with Gasteiger partial charge in [0.25, 0.3) is 0 Å². The Balaban J connectivity index is 1.90. The van der Waals surface area contributed by atoms with Crippen LogP contribution < -0.4 is 0 Å². The largest absolute Gasteiger partial charge is 0.296 e. The Labute approximate surface area is 91.5 Å². The first-order valence-corrected chi connectivity index (χ1v) is 5.91. The predicted molar refractivity (Wildman–Crippen MR) is 63.7 cm³/mol. The number of allylic oxidation sites excluding steroid dienone is 6. The second-order valence-electron chi connectivity index (χ2n) is 4.62. The number of nitrogens with zero attached hydrogens (tertiary/aromatic N) is 1. The van der Waals surface area contributed by atoms with Crippen LogP contribution in [-0.2, 0) is 0 Å². The summed E-state index contributed by atoms with van der Waals surface area (Å²) in [6.45, 7) is 2.46. The average molecular weight is 199 g/mol. The number of hydrogen-bond acceptors (Lipinski definition) is 1. The van der Waals surface area contributed by atoms with Gasteiger partial charge < -0.3 is 0 Å². The van der Waals surface area contributed by atoms with Gasteiger partial charge in [0.15, 0.2) is 0 Å². The third kappa shape index (κ3) is 1.72. The first kappa shape index (κ1) is 9.17. The molecule has 2 heterocycles. The predicted octanol–water partition coefficient (Wildman–Crippen LogP) is 2.83. The Morgan fingerprint density at radius 3 is 2.67 bits per heavy atom. The zero-order valence-corrected chi connectivity index (χ0v) is 9.02. The molecule has 2 fully saturated rings. The van der Waals surface area contributed by atoms with Crippen molar-refractivity contribution < 1.29 is 0 Å². The maximum atomic E-state index is 2.64. The van der Waals surface area contributed by atoms with Crippen molar-refractivity contribution in [1.82, 2.24) is 4.90 Å². The monoisotopic (exact) mass is 199 g/mol. The molecule has 0 spiro atoms. The van der Waals surface area contributed by atoms with Crippen LogP contribution in [0.25, 0.3) is 0 Å². The van der Waals surface area contributed by atoms with Crippen LogP contribution in [0.4, 0.5) is 0 Å². The lowest BCUT2D eigenvalue weighted by atomic mass is 9.91. The summed E-state index contributed by atoms with van der Waals surface area (Å²) in [7, 11) is 0. The molecule has 2 aliphatic heterocycles. The highest BCUT2D eigenvalue weighted by atomic mass is 15.2. The summed E-state index contributed by atoms with van der Waals surface area (Å²) < 4.78 is 0. The van der Waals surface area contributed by atoms with Crippen LogP contribution in [-0.4, -0.2) is 24.0 Å². The summed E-state index contributed by atoms with van der Waals surface area (Å²) in [5, 5.41) is 0. The van der Waals surface area contributed by atoms with Gasteiger partial charge in [0.1, 0.15) is 0 Å². The maximum Gasteiger partial charge on any atom is 0.0239 e. The maximum absolute atomic E-state index is 2.64. The van der Waals surface area contributed by atoms with Crippen molar-refractivity contribution in [3.05, 3.63) is 47.6 Å². The van der Waals surface area contributed by atoms with Crippen LogP contribution in [0.5, 0.6) is 0 Å². The summed E-state index contributed by atoms with van der Waals surface area (Å²) >= 11 is 0. The fraction of sp³-hybridized carbons (Fsp3) is 0.429. The van der Waals surface area contributed by atoms with Gasteiger partial charge in [-0.1, -0.05) is 36.5 Å². The van der Waals surface area contributed by atoms with Crippen molar-refractivity contribution in [2.75, 3.05) is 13.1 Å². The molecule has 0 aromatic carbocycles. The van der Waals surface area contributed by atoms with Crippen molar-refractivity contribution >= 4 is 0 Å². The molecule has 1 heteroatoms. The van der Waals surface area contributed by atoms with Crippen LogP contribution in [0.15, 0.2) is 47.6 Å². The molecule has 0 bridgehead atoms. The van der Waals surface area contributed by atoms with E-state index in [2.05, 4.69) is 41.4 Å². The number of rotatable bonds is 0. The molecule has 3 aliphatic rings. The van der Waals surface area contributed by atoms with Crippen molar-refractivity contribution in [2.45, 2.75) is 25.3 Å². The normalized spacial score (nSPS) is 36.9. The molecule has 0 amide bonds. The molecular formula is C14H17N. The molecule has 78 valence electrons. The number of piperidine rings is 1. The highest BCUT2D eigenvalue weighted by Crippen LogP contribution is 2.33. The highest BCUT2D eigenvalue weighted by Gasteiger charge is 2.30. The van der Waals surface area contributed by atoms with Gasteiger partial charge in [0.05, 0.1) is 0 Å². The Kier molecular flexibility index (Phi) is 2.34. The first-order valence-electron chi connectivity index (χ1n) is 5.91. The van der Waals surface area contributed by atoms with Crippen LogP contribution >= 0.6 is 0 Å². The smallest absolute Gasteiger partial charge is 0.0239 e. The van der Waals surface area contributed by atoms with E-state index >= 15 is 0 Å². The quantitative estimate of drug-likeness (QED) is 0.580. The van der Waals surface area contributed by atoms with E-state index in [1.54, 1.807) is 5.57 Å². The molecule has 0 aromatic rings. The van der Waals surface area contributed by atoms with Crippen molar-refractivity contribution in [2.24, 2.45) is 0 Å². The van der Waals surface area contributed by atoms with E-state index < -0.39 is 0 Å². The lowest BCUT2D eigenvalue weighted by molar-refractivity contribution is 0.256. The van der Waals surface area contributed by atoms with Gasteiger partial charge in [0, 0.05) is 12.6 Å². The highest BCUT2D eigenvalue weighted by molar-refractivity contribution is 5.42. The topological polar surface area (TPSA) is 3.24 Å². The number of fused-ring (bicyclic) bond motifs is 2. The summed E-state index contributed by atoms with van der Waals surface area (Å²) in [5.74, 6) is 0. The summed E-state index contributed by atoms with van der Waals surface area (Å²) in [6.07, 6.45) is 17.2. The van der Waals surface area contributed by atoms with E-state index in [0.717, 1.165) is 12.6 Å². The van der Waals surface area contributed by atoms with Gasteiger partial charge in [-0.15, -0.1) is 0 Å².